The molecule has 2 aromatic rings. The minimum Gasteiger partial charge on any atom is -0.481 e. The number of carboxylic acids is 1. The van der Waals surface area contributed by atoms with E-state index in [0.29, 0.717) is 30.3 Å². The van der Waals surface area contributed by atoms with E-state index < -0.39 is 11.5 Å². The summed E-state index contributed by atoms with van der Waals surface area (Å²) in [4.78, 5) is 51.2. The number of aliphatic carboxylic acids is 1. The molecule has 0 aromatic heterocycles. The molecule has 0 bridgehead atoms. The number of nitrogens with one attached hydrogen (secondary N) is 3. The topological polar surface area (TPSA) is 128 Å². The lowest BCUT2D eigenvalue weighted by atomic mass is 9.97. The van der Waals surface area contributed by atoms with Gasteiger partial charge in [0.1, 0.15) is 0 Å². The summed E-state index contributed by atoms with van der Waals surface area (Å²) in [5.74, 6) is -0.903. The standard InChI is InChI=1S/C31H44N4O5/c1-21(2)17-18-35(28(37)16-11-22(3)19-29(38)39)20-27(36)31(5,6)34-25-14-12-24(13-15-25)32-30(40)33-26-10-8-7-9-23(26)4/h7-10,12-15,21-22,34H,11,16-20H2,1-6H3,(H,38,39)(H2,32,33,40)/t22-/m0/s1. The van der Waals surface area contributed by atoms with Crippen LogP contribution in [0.4, 0.5) is 21.9 Å². The third-order valence-electron chi connectivity index (χ3n) is 6.73. The van der Waals surface area contributed by atoms with Crippen molar-refractivity contribution in [1.82, 2.24) is 4.90 Å². The number of aryl methyl sites for hydroxylation is 1. The number of carbonyl (C=O) groups is 4. The maximum atomic E-state index is 13.3. The highest BCUT2D eigenvalue weighted by molar-refractivity contribution is 6.00. The van der Waals surface area contributed by atoms with E-state index >= 15 is 0 Å². The highest BCUT2D eigenvalue weighted by atomic mass is 16.4. The second-order valence-electron chi connectivity index (χ2n) is 11.4. The predicted octanol–water partition coefficient (Wildman–Crippen LogP) is 6.16. The van der Waals surface area contributed by atoms with Crippen LogP contribution >= 0.6 is 0 Å². The first-order valence-electron chi connectivity index (χ1n) is 13.8. The second-order valence-corrected chi connectivity index (χ2v) is 11.4. The number of Topliss-reactive ketones (excluding diaryl/α,β-unsaturated/α-hetero) is 1. The van der Waals surface area contributed by atoms with Crippen molar-refractivity contribution in [2.45, 2.75) is 72.8 Å². The molecule has 218 valence electrons. The third kappa shape index (κ3) is 11.1. The van der Waals surface area contributed by atoms with Crippen LogP contribution in [0, 0.1) is 18.8 Å². The van der Waals surface area contributed by atoms with E-state index in [0.717, 1.165) is 17.7 Å². The summed E-state index contributed by atoms with van der Waals surface area (Å²) in [6.45, 7) is 11.9. The number of urea groups is 1. The van der Waals surface area contributed by atoms with Crippen LogP contribution in [0.1, 0.15) is 65.9 Å². The molecule has 0 fully saturated rings. The van der Waals surface area contributed by atoms with Gasteiger partial charge >= 0.3 is 12.0 Å². The van der Waals surface area contributed by atoms with Gasteiger partial charge in [-0.2, -0.15) is 0 Å². The first kappa shape index (κ1) is 32.3. The van der Waals surface area contributed by atoms with Gasteiger partial charge in [-0.25, -0.2) is 4.79 Å². The molecule has 4 N–H and O–H groups in total. The van der Waals surface area contributed by atoms with Crippen molar-refractivity contribution in [2.24, 2.45) is 11.8 Å². The molecular weight excluding hydrogens is 508 g/mol. The summed E-state index contributed by atoms with van der Waals surface area (Å²) in [5.41, 5.74) is 2.04. The lowest BCUT2D eigenvalue weighted by Crippen LogP contribution is -2.48. The van der Waals surface area contributed by atoms with Crippen molar-refractivity contribution in [3.05, 3.63) is 54.1 Å². The molecule has 0 unspecified atom stereocenters. The number of hydrogen-bond acceptors (Lipinski definition) is 5. The SMILES string of the molecule is Cc1ccccc1NC(=O)Nc1ccc(NC(C)(C)C(=O)CN(CCC(C)C)C(=O)CC[C@H](C)CC(=O)O)cc1. The lowest BCUT2D eigenvalue weighted by Gasteiger charge is -2.30. The van der Waals surface area contributed by atoms with Crippen LogP contribution in [0.2, 0.25) is 0 Å². The van der Waals surface area contributed by atoms with E-state index in [1.54, 1.807) is 43.0 Å². The number of para-hydroxylation sites is 1. The van der Waals surface area contributed by atoms with Crippen molar-refractivity contribution >= 4 is 40.8 Å². The number of ketones is 1. The highest BCUT2D eigenvalue weighted by Crippen LogP contribution is 2.21. The van der Waals surface area contributed by atoms with Crippen molar-refractivity contribution in [3.8, 4) is 0 Å². The normalized spacial score (nSPS) is 12.0. The molecule has 0 aliphatic heterocycles. The largest absolute Gasteiger partial charge is 0.481 e. The van der Waals surface area contributed by atoms with Gasteiger partial charge in [0.05, 0.1) is 12.1 Å². The number of carbonyl (C=O) groups excluding carboxylic acids is 3. The molecule has 0 radical (unpaired) electrons. The molecule has 0 saturated carbocycles. The molecule has 0 spiro atoms. The fraction of sp³-hybridized carbons (Fsp3) is 0.484. The minimum absolute atomic E-state index is 0.0147. The molecule has 3 amide bonds. The van der Waals surface area contributed by atoms with Gasteiger partial charge in [0.2, 0.25) is 5.91 Å². The van der Waals surface area contributed by atoms with Crippen LogP contribution < -0.4 is 16.0 Å². The quantitative estimate of drug-likeness (QED) is 0.209. The third-order valence-corrected chi connectivity index (χ3v) is 6.73. The molecule has 0 aliphatic carbocycles. The van der Waals surface area contributed by atoms with Crippen LogP contribution in [-0.4, -0.2) is 52.3 Å². The number of benzene rings is 2. The number of carboxylic acid groups (broad SMARTS) is 1. The predicted molar refractivity (Wildman–Crippen MR) is 160 cm³/mol. The van der Waals surface area contributed by atoms with Crippen LogP contribution in [-0.2, 0) is 14.4 Å². The molecule has 9 nitrogen and oxygen atoms in total. The number of amides is 3. The molecule has 9 heteroatoms. The molecule has 2 rings (SSSR count). The van der Waals surface area contributed by atoms with E-state index in [2.05, 4.69) is 29.8 Å². The summed E-state index contributed by atoms with van der Waals surface area (Å²) >= 11 is 0. The van der Waals surface area contributed by atoms with E-state index in [1.807, 2.05) is 38.1 Å². The van der Waals surface area contributed by atoms with Gasteiger partial charge in [-0.15, -0.1) is 0 Å². The molecule has 0 heterocycles. The second kappa shape index (κ2) is 15.1. The molecule has 40 heavy (non-hydrogen) atoms. The lowest BCUT2D eigenvalue weighted by molar-refractivity contribution is -0.139. The Morgan fingerprint density at radius 2 is 1.52 bits per heavy atom. The fourth-order valence-electron chi connectivity index (χ4n) is 4.07. The zero-order chi connectivity index (χ0) is 29.9. The summed E-state index contributed by atoms with van der Waals surface area (Å²) in [6, 6.07) is 14.2. The average Bonchev–Trinajstić information content (AvgIpc) is 2.86. The number of rotatable bonds is 15. The zero-order valence-corrected chi connectivity index (χ0v) is 24.5. The van der Waals surface area contributed by atoms with Crippen molar-refractivity contribution in [1.29, 1.82) is 0 Å². The summed E-state index contributed by atoms with van der Waals surface area (Å²) in [6.07, 6.45) is 1.45. The van der Waals surface area contributed by atoms with Crippen LogP contribution in [0.3, 0.4) is 0 Å². The maximum Gasteiger partial charge on any atom is 0.323 e. The first-order chi connectivity index (χ1) is 18.8. The van der Waals surface area contributed by atoms with Gasteiger partial charge in [-0.05, 0) is 81.3 Å². The van der Waals surface area contributed by atoms with Crippen molar-refractivity contribution in [3.63, 3.8) is 0 Å². The number of hydrogen-bond donors (Lipinski definition) is 4. The molecule has 2 aromatic carbocycles. The Labute approximate surface area is 237 Å². The zero-order valence-electron chi connectivity index (χ0n) is 24.5. The van der Waals surface area contributed by atoms with Gasteiger partial charge in [-0.3, -0.25) is 14.4 Å². The van der Waals surface area contributed by atoms with Gasteiger partial charge < -0.3 is 26.0 Å². The number of nitrogens with zero attached hydrogens (tertiary/aromatic N) is 1. The van der Waals surface area contributed by atoms with E-state index in [9.17, 15) is 19.2 Å². The fourth-order valence-corrected chi connectivity index (χ4v) is 4.07. The summed E-state index contributed by atoms with van der Waals surface area (Å²) < 4.78 is 0. The summed E-state index contributed by atoms with van der Waals surface area (Å²) in [5, 5.41) is 17.9. The Morgan fingerprint density at radius 1 is 0.900 bits per heavy atom. The molecule has 0 saturated heterocycles. The summed E-state index contributed by atoms with van der Waals surface area (Å²) in [7, 11) is 0. The molecule has 0 aliphatic rings. The highest BCUT2D eigenvalue weighted by Gasteiger charge is 2.30. The Balaban J connectivity index is 1.98. The first-order valence-corrected chi connectivity index (χ1v) is 13.8. The van der Waals surface area contributed by atoms with Gasteiger partial charge in [0.15, 0.2) is 5.78 Å². The van der Waals surface area contributed by atoms with Crippen LogP contribution in [0.5, 0.6) is 0 Å². The van der Waals surface area contributed by atoms with Gasteiger partial charge in [-0.1, -0.05) is 39.0 Å². The van der Waals surface area contributed by atoms with Crippen LogP contribution in [0.25, 0.3) is 0 Å². The van der Waals surface area contributed by atoms with Gasteiger partial charge in [0.25, 0.3) is 0 Å². The van der Waals surface area contributed by atoms with Crippen molar-refractivity contribution in [2.75, 3.05) is 29.0 Å². The van der Waals surface area contributed by atoms with E-state index in [4.69, 9.17) is 5.11 Å². The van der Waals surface area contributed by atoms with E-state index in [1.165, 1.54) is 0 Å². The molecular formula is C31H44N4O5. The average molecular weight is 553 g/mol. The van der Waals surface area contributed by atoms with E-state index in [-0.39, 0.29) is 43.0 Å². The minimum atomic E-state index is -0.954. The Morgan fingerprint density at radius 3 is 2.12 bits per heavy atom. The van der Waals surface area contributed by atoms with Gasteiger partial charge in [0, 0.05) is 36.4 Å². The Kier molecular flexibility index (Phi) is 12.2. The number of anilines is 3. The van der Waals surface area contributed by atoms with Crippen molar-refractivity contribution < 1.29 is 24.3 Å². The Bertz CT molecular complexity index is 1160. The van der Waals surface area contributed by atoms with Crippen LogP contribution in [0.15, 0.2) is 48.5 Å². The smallest absolute Gasteiger partial charge is 0.323 e. The monoisotopic (exact) mass is 552 g/mol. The Hall–Kier alpha value is -3.88. The maximum absolute atomic E-state index is 13.3. The molecule has 1 atom stereocenters.